The van der Waals surface area contributed by atoms with Crippen LogP contribution in [0.5, 0.6) is 0 Å². The number of aromatic amines is 1. The number of H-pyrrole nitrogens is 1. The molecule has 2 heterocycles. The van der Waals surface area contributed by atoms with Crippen LogP contribution in [0.15, 0.2) is 39.4 Å². The van der Waals surface area contributed by atoms with Crippen molar-refractivity contribution in [3.63, 3.8) is 0 Å². The van der Waals surface area contributed by atoms with E-state index in [0.717, 1.165) is 22.0 Å². The van der Waals surface area contributed by atoms with Crippen LogP contribution < -0.4 is 5.32 Å². The summed E-state index contributed by atoms with van der Waals surface area (Å²) >= 11 is 3.30. The molecule has 5 nitrogen and oxygen atoms in total. The number of benzene rings is 1. The highest BCUT2D eigenvalue weighted by molar-refractivity contribution is 9.10. The van der Waals surface area contributed by atoms with Crippen LogP contribution in [0, 0.1) is 0 Å². The highest BCUT2D eigenvalue weighted by Gasteiger charge is 2.10. The summed E-state index contributed by atoms with van der Waals surface area (Å²) in [7, 11) is 0. The van der Waals surface area contributed by atoms with Gasteiger partial charge in [-0.05, 0) is 40.2 Å². The average molecular weight is 334 g/mol. The molecular weight excluding hydrogens is 322 g/mol. The normalized spacial score (nSPS) is 10.9. The summed E-state index contributed by atoms with van der Waals surface area (Å²) in [6, 6.07) is 7.12. The molecule has 102 valence electrons. The van der Waals surface area contributed by atoms with Gasteiger partial charge in [0.15, 0.2) is 11.5 Å². The fourth-order valence-corrected chi connectivity index (χ4v) is 2.24. The molecule has 1 amide bonds. The number of carbonyl (C=O) groups is 1. The minimum Gasteiger partial charge on any atom is -0.441 e. The monoisotopic (exact) mass is 333 g/mol. The summed E-state index contributed by atoms with van der Waals surface area (Å²) in [5, 5.41) is 2.82. The van der Waals surface area contributed by atoms with Gasteiger partial charge in [-0.1, -0.05) is 6.92 Å². The van der Waals surface area contributed by atoms with Crippen molar-refractivity contribution in [2.24, 2.45) is 0 Å². The molecule has 0 atom stereocenters. The molecule has 0 bridgehead atoms. The number of nitrogens with zero attached hydrogens (tertiary/aromatic N) is 1. The van der Waals surface area contributed by atoms with E-state index in [1.807, 2.05) is 13.0 Å². The van der Waals surface area contributed by atoms with E-state index in [-0.39, 0.29) is 5.91 Å². The fraction of sp³-hybridized carbons (Fsp3) is 0.143. The summed E-state index contributed by atoms with van der Waals surface area (Å²) in [4.78, 5) is 19.2. The van der Waals surface area contributed by atoms with Crippen LogP contribution in [0.4, 0.5) is 5.69 Å². The van der Waals surface area contributed by atoms with Crippen molar-refractivity contribution in [3.8, 4) is 0 Å². The SMILES string of the molecule is CCc1nc2cc(NC(=O)c3cc(Br)c[nH]3)ccc2o1. The van der Waals surface area contributed by atoms with Gasteiger partial charge in [-0.25, -0.2) is 4.98 Å². The third-order valence-electron chi connectivity index (χ3n) is 2.88. The summed E-state index contributed by atoms with van der Waals surface area (Å²) in [5.74, 6) is 0.492. The largest absolute Gasteiger partial charge is 0.441 e. The number of carbonyl (C=O) groups excluding carboxylic acids is 1. The molecule has 6 heteroatoms. The fourth-order valence-electron chi connectivity index (χ4n) is 1.90. The molecule has 0 saturated carbocycles. The average Bonchev–Trinajstić information content (AvgIpc) is 3.03. The Balaban J connectivity index is 1.85. The van der Waals surface area contributed by atoms with E-state index >= 15 is 0 Å². The molecule has 0 aliphatic carbocycles. The first-order chi connectivity index (χ1) is 9.65. The third-order valence-corrected chi connectivity index (χ3v) is 3.34. The van der Waals surface area contributed by atoms with Crippen molar-refractivity contribution in [2.75, 3.05) is 5.32 Å². The zero-order valence-corrected chi connectivity index (χ0v) is 12.3. The molecule has 2 N–H and O–H groups in total. The number of rotatable bonds is 3. The summed E-state index contributed by atoms with van der Waals surface area (Å²) in [6.07, 6.45) is 2.45. The Morgan fingerprint density at radius 2 is 2.30 bits per heavy atom. The van der Waals surface area contributed by atoms with Crippen LogP contribution >= 0.6 is 15.9 Å². The molecule has 0 radical (unpaired) electrons. The second kappa shape index (κ2) is 5.13. The standard InChI is InChI=1S/C14H12BrN3O2/c1-2-13-18-10-6-9(3-4-12(10)20-13)17-14(19)11-5-8(15)7-16-11/h3-7,16H,2H2,1H3,(H,17,19). The van der Waals surface area contributed by atoms with Gasteiger partial charge in [-0.2, -0.15) is 0 Å². The molecule has 20 heavy (non-hydrogen) atoms. The number of oxazole rings is 1. The lowest BCUT2D eigenvalue weighted by atomic mass is 10.2. The number of hydrogen-bond acceptors (Lipinski definition) is 3. The Labute approximate surface area is 123 Å². The molecule has 3 rings (SSSR count). The summed E-state index contributed by atoms with van der Waals surface area (Å²) in [5.41, 5.74) is 2.64. The molecular formula is C14H12BrN3O2. The first kappa shape index (κ1) is 12.9. The maximum atomic E-state index is 12.0. The van der Waals surface area contributed by atoms with Gasteiger partial charge in [0.25, 0.3) is 5.91 Å². The van der Waals surface area contributed by atoms with Gasteiger partial charge < -0.3 is 14.7 Å². The molecule has 0 spiro atoms. The Morgan fingerprint density at radius 3 is 3.00 bits per heavy atom. The maximum Gasteiger partial charge on any atom is 0.272 e. The number of anilines is 1. The first-order valence-corrected chi connectivity index (χ1v) is 6.99. The lowest BCUT2D eigenvalue weighted by molar-refractivity contribution is 0.102. The quantitative estimate of drug-likeness (QED) is 0.767. The molecule has 0 saturated heterocycles. The van der Waals surface area contributed by atoms with Gasteiger partial charge in [-0.3, -0.25) is 4.79 Å². The number of aromatic nitrogens is 2. The number of hydrogen-bond donors (Lipinski definition) is 2. The number of aryl methyl sites for hydroxylation is 1. The van der Waals surface area contributed by atoms with Gasteiger partial charge in [0.2, 0.25) is 0 Å². The van der Waals surface area contributed by atoms with E-state index in [1.165, 1.54) is 0 Å². The van der Waals surface area contributed by atoms with Crippen LogP contribution in [0.2, 0.25) is 0 Å². The maximum absolute atomic E-state index is 12.0. The van der Waals surface area contributed by atoms with Crippen molar-refractivity contribution < 1.29 is 9.21 Å². The minimum absolute atomic E-state index is 0.200. The smallest absolute Gasteiger partial charge is 0.272 e. The molecule has 3 aromatic rings. The van der Waals surface area contributed by atoms with Crippen molar-refractivity contribution in [3.05, 3.63) is 46.5 Å². The van der Waals surface area contributed by atoms with E-state index in [2.05, 4.69) is 31.2 Å². The van der Waals surface area contributed by atoms with Crippen molar-refractivity contribution in [1.29, 1.82) is 0 Å². The summed E-state index contributed by atoms with van der Waals surface area (Å²) < 4.78 is 6.36. The molecule has 2 aromatic heterocycles. The summed E-state index contributed by atoms with van der Waals surface area (Å²) in [6.45, 7) is 1.98. The number of nitrogens with one attached hydrogen (secondary N) is 2. The predicted octanol–water partition coefficient (Wildman–Crippen LogP) is 3.73. The van der Waals surface area contributed by atoms with Gasteiger partial charge in [0.1, 0.15) is 11.2 Å². The van der Waals surface area contributed by atoms with E-state index in [4.69, 9.17) is 4.42 Å². The van der Waals surface area contributed by atoms with Gasteiger partial charge in [0.05, 0.1) is 0 Å². The Morgan fingerprint density at radius 1 is 1.45 bits per heavy atom. The molecule has 0 aliphatic heterocycles. The van der Waals surface area contributed by atoms with Crippen LogP contribution in [0.3, 0.4) is 0 Å². The zero-order valence-electron chi connectivity index (χ0n) is 10.7. The van der Waals surface area contributed by atoms with E-state index in [1.54, 1.807) is 24.4 Å². The predicted molar refractivity (Wildman–Crippen MR) is 79.8 cm³/mol. The topological polar surface area (TPSA) is 70.9 Å². The molecule has 1 aromatic carbocycles. The highest BCUT2D eigenvalue weighted by atomic mass is 79.9. The Kier molecular flexibility index (Phi) is 3.31. The third kappa shape index (κ3) is 2.46. The van der Waals surface area contributed by atoms with Crippen LogP contribution in [0.25, 0.3) is 11.1 Å². The second-order valence-corrected chi connectivity index (χ2v) is 5.25. The van der Waals surface area contributed by atoms with E-state index in [0.29, 0.717) is 17.3 Å². The highest BCUT2D eigenvalue weighted by Crippen LogP contribution is 2.21. The number of fused-ring (bicyclic) bond motifs is 1. The Hall–Kier alpha value is -2.08. The number of halogens is 1. The Bertz CT molecular complexity index is 776. The van der Waals surface area contributed by atoms with Crippen molar-refractivity contribution in [2.45, 2.75) is 13.3 Å². The van der Waals surface area contributed by atoms with Crippen LogP contribution in [-0.2, 0) is 6.42 Å². The number of amides is 1. The van der Waals surface area contributed by atoms with Crippen molar-refractivity contribution >= 4 is 38.6 Å². The molecule has 0 fully saturated rings. The van der Waals surface area contributed by atoms with Crippen LogP contribution in [-0.4, -0.2) is 15.9 Å². The lowest BCUT2D eigenvalue weighted by Gasteiger charge is -2.02. The second-order valence-electron chi connectivity index (χ2n) is 4.33. The first-order valence-electron chi connectivity index (χ1n) is 6.20. The minimum atomic E-state index is -0.200. The lowest BCUT2D eigenvalue weighted by Crippen LogP contribution is -2.11. The van der Waals surface area contributed by atoms with Gasteiger partial charge in [-0.15, -0.1) is 0 Å². The molecule has 0 aliphatic rings. The zero-order chi connectivity index (χ0) is 14.1. The van der Waals surface area contributed by atoms with Crippen molar-refractivity contribution in [1.82, 2.24) is 9.97 Å². The van der Waals surface area contributed by atoms with E-state index < -0.39 is 0 Å². The van der Waals surface area contributed by atoms with Crippen LogP contribution in [0.1, 0.15) is 23.3 Å². The van der Waals surface area contributed by atoms with E-state index in [9.17, 15) is 4.79 Å². The molecule has 0 unspecified atom stereocenters. The van der Waals surface area contributed by atoms with Gasteiger partial charge in [0, 0.05) is 22.8 Å². The van der Waals surface area contributed by atoms with Gasteiger partial charge >= 0.3 is 0 Å².